The van der Waals surface area contributed by atoms with Gasteiger partial charge in [0.1, 0.15) is 11.6 Å². The molecule has 0 fully saturated rings. The van der Waals surface area contributed by atoms with Gasteiger partial charge in [-0.1, -0.05) is 41.9 Å². The van der Waals surface area contributed by atoms with Crippen LogP contribution >= 0.6 is 11.6 Å². The van der Waals surface area contributed by atoms with Crippen molar-refractivity contribution < 1.29 is 18.3 Å². The highest BCUT2D eigenvalue weighted by molar-refractivity contribution is 6.33. The lowest BCUT2D eigenvalue weighted by Crippen LogP contribution is -2.00. The van der Waals surface area contributed by atoms with E-state index in [0.717, 1.165) is 5.56 Å². The van der Waals surface area contributed by atoms with Crippen LogP contribution in [0.5, 0.6) is 0 Å². The average Bonchev–Trinajstić information content (AvgIpc) is 3.26. The molecule has 0 radical (unpaired) electrons. The second kappa shape index (κ2) is 9.29. The third-order valence-electron chi connectivity index (χ3n) is 6.00. The second-order valence-corrected chi connectivity index (χ2v) is 8.51. The van der Waals surface area contributed by atoms with E-state index in [0.29, 0.717) is 43.9 Å². The molecule has 0 aliphatic heterocycles. The monoisotopic (exact) mass is 498 g/mol. The first-order valence-electron chi connectivity index (χ1n) is 10.9. The second-order valence-electron chi connectivity index (χ2n) is 8.11. The molecule has 7 heteroatoms. The Balaban J connectivity index is 1.74. The van der Waals surface area contributed by atoms with Crippen LogP contribution in [0.3, 0.4) is 0 Å². The Kier molecular flexibility index (Phi) is 6.01. The van der Waals surface area contributed by atoms with Crippen LogP contribution in [-0.4, -0.2) is 18.1 Å². The van der Waals surface area contributed by atoms with Crippen molar-refractivity contribution in [1.82, 2.24) is 4.98 Å². The minimum absolute atomic E-state index is 0.0951. The van der Waals surface area contributed by atoms with Gasteiger partial charge in [-0.05, 0) is 59.7 Å². The molecule has 1 aromatic heterocycles. The number of esters is 1. The van der Waals surface area contributed by atoms with E-state index in [-0.39, 0.29) is 11.1 Å². The maximum atomic E-state index is 15.1. The van der Waals surface area contributed by atoms with Crippen molar-refractivity contribution in [1.29, 1.82) is 5.26 Å². The number of carbonyl (C=O) groups is 1. The van der Waals surface area contributed by atoms with E-state index in [9.17, 15) is 14.4 Å². The van der Waals surface area contributed by atoms with E-state index >= 15 is 4.39 Å². The summed E-state index contributed by atoms with van der Waals surface area (Å²) in [7, 11) is 1.30. The minimum Gasteiger partial charge on any atom is -0.465 e. The van der Waals surface area contributed by atoms with Crippen LogP contribution in [0.1, 0.15) is 15.9 Å². The average molecular weight is 499 g/mol. The topological polar surface area (TPSA) is 65.9 Å². The summed E-state index contributed by atoms with van der Waals surface area (Å²) in [5.74, 6) is -1.56. The van der Waals surface area contributed by atoms with Gasteiger partial charge >= 0.3 is 5.97 Å². The number of methoxy groups -OCH3 is 1. The lowest BCUT2D eigenvalue weighted by molar-refractivity contribution is 0.0600. The molecule has 4 aromatic carbocycles. The molecule has 0 amide bonds. The molecule has 0 atom stereocenters. The number of benzene rings is 4. The minimum atomic E-state index is -0.585. The molecular weight excluding hydrogens is 482 g/mol. The fraction of sp³-hybridized carbons (Fsp3) is 0.0345. The molecule has 0 saturated carbocycles. The zero-order chi connectivity index (χ0) is 25.4. The van der Waals surface area contributed by atoms with Crippen molar-refractivity contribution >= 4 is 28.5 Å². The lowest BCUT2D eigenvalue weighted by Gasteiger charge is -2.11. The van der Waals surface area contributed by atoms with E-state index in [1.807, 2.05) is 30.3 Å². The maximum absolute atomic E-state index is 15.1. The number of carbonyl (C=O) groups excluding carboxylic acids is 1. The predicted octanol–water partition coefficient (Wildman–Crippen LogP) is 7.76. The Morgan fingerprint density at radius 1 is 0.944 bits per heavy atom. The van der Waals surface area contributed by atoms with E-state index in [2.05, 4.69) is 4.98 Å². The van der Waals surface area contributed by atoms with Gasteiger partial charge in [-0.3, -0.25) is 0 Å². The highest BCUT2D eigenvalue weighted by Crippen LogP contribution is 2.42. The Labute approximate surface area is 210 Å². The van der Waals surface area contributed by atoms with E-state index in [1.165, 1.54) is 43.5 Å². The molecule has 0 bridgehead atoms. The maximum Gasteiger partial charge on any atom is 0.337 e. The summed E-state index contributed by atoms with van der Waals surface area (Å²) in [4.78, 5) is 15.1. The summed E-state index contributed by atoms with van der Waals surface area (Å²) < 4.78 is 34.1. The van der Waals surface area contributed by atoms with Gasteiger partial charge in [0.2, 0.25) is 0 Å². The van der Waals surface area contributed by atoms with Crippen LogP contribution in [0.4, 0.5) is 8.78 Å². The Hall–Kier alpha value is -4.47. The Bertz CT molecular complexity index is 1700. The van der Waals surface area contributed by atoms with E-state index in [1.54, 1.807) is 18.2 Å². The predicted molar refractivity (Wildman–Crippen MR) is 136 cm³/mol. The van der Waals surface area contributed by atoms with Gasteiger partial charge in [0.15, 0.2) is 0 Å². The number of hydrogen-bond acceptors (Lipinski definition) is 3. The van der Waals surface area contributed by atoms with Crippen LogP contribution in [0.2, 0.25) is 5.02 Å². The molecule has 36 heavy (non-hydrogen) atoms. The number of halogens is 3. The van der Waals surface area contributed by atoms with Crippen molar-refractivity contribution in [3.8, 4) is 39.6 Å². The van der Waals surface area contributed by atoms with Crippen molar-refractivity contribution in [3.05, 3.63) is 107 Å². The van der Waals surface area contributed by atoms with Crippen LogP contribution < -0.4 is 0 Å². The van der Waals surface area contributed by atoms with Crippen LogP contribution in [-0.2, 0) is 4.74 Å². The van der Waals surface area contributed by atoms with Gasteiger partial charge in [-0.2, -0.15) is 5.26 Å². The summed E-state index contributed by atoms with van der Waals surface area (Å²) in [6, 6.07) is 22.8. The summed E-state index contributed by atoms with van der Waals surface area (Å²) in [5, 5.41) is 10.5. The molecule has 1 heterocycles. The number of aromatic nitrogens is 1. The van der Waals surface area contributed by atoms with Crippen molar-refractivity contribution in [3.63, 3.8) is 0 Å². The molecule has 0 spiro atoms. The van der Waals surface area contributed by atoms with Gasteiger partial charge in [-0.25, -0.2) is 13.6 Å². The van der Waals surface area contributed by atoms with Gasteiger partial charge in [-0.15, -0.1) is 0 Å². The number of rotatable bonds is 4. The fourth-order valence-corrected chi connectivity index (χ4v) is 4.64. The number of ether oxygens (including phenoxy) is 1. The molecule has 176 valence electrons. The van der Waals surface area contributed by atoms with Crippen LogP contribution in [0.15, 0.2) is 78.9 Å². The zero-order valence-electron chi connectivity index (χ0n) is 18.9. The fourth-order valence-electron chi connectivity index (χ4n) is 4.35. The van der Waals surface area contributed by atoms with Crippen LogP contribution in [0.25, 0.3) is 44.4 Å². The number of nitrogens with zero attached hydrogens (tertiary/aromatic N) is 1. The molecule has 0 aliphatic carbocycles. The third kappa shape index (κ3) is 4.00. The number of nitriles is 1. The van der Waals surface area contributed by atoms with Crippen LogP contribution in [0, 0.1) is 23.0 Å². The molecule has 0 saturated heterocycles. The highest BCUT2D eigenvalue weighted by atomic mass is 35.5. The number of fused-ring (bicyclic) bond motifs is 1. The standard InChI is InChI=1S/C29H17ClF2N2O2/c1-36-29(35)18-8-10-21(23(30)13-18)16-4-2-5-17(12-16)28-27(22-14-20(31)9-11-25(22)34-28)26-19(15-33)6-3-7-24(26)32/h2-14,34H,1H3. The first kappa shape index (κ1) is 23.3. The number of aromatic amines is 1. The highest BCUT2D eigenvalue weighted by Gasteiger charge is 2.22. The van der Waals surface area contributed by atoms with Crippen molar-refractivity contribution in [2.45, 2.75) is 0 Å². The van der Waals surface area contributed by atoms with Crippen molar-refractivity contribution in [2.24, 2.45) is 0 Å². The number of nitrogens with one attached hydrogen (secondary N) is 1. The molecule has 0 aliphatic rings. The number of hydrogen-bond donors (Lipinski definition) is 1. The first-order valence-corrected chi connectivity index (χ1v) is 11.3. The first-order chi connectivity index (χ1) is 17.4. The van der Waals surface area contributed by atoms with Gasteiger partial charge in [0.25, 0.3) is 0 Å². The third-order valence-corrected chi connectivity index (χ3v) is 6.31. The normalized spacial score (nSPS) is 10.9. The van der Waals surface area contributed by atoms with Gasteiger partial charge < -0.3 is 9.72 Å². The Morgan fingerprint density at radius 3 is 2.47 bits per heavy atom. The lowest BCUT2D eigenvalue weighted by atomic mass is 9.93. The van der Waals surface area contributed by atoms with E-state index in [4.69, 9.17) is 16.3 Å². The molecule has 0 unspecified atom stereocenters. The zero-order valence-corrected chi connectivity index (χ0v) is 19.7. The Morgan fingerprint density at radius 2 is 1.72 bits per heavy atom. The molecule has 1 N–H and O–H groups in total. The van der Waals surface area contributed by atoms with Gasteiger partial charge in [0, 0.05) is 32.6 Å². The quantitative estimate of drug-likeness (QED) is 0.257. The number of H-pyrrole nitrogens is 1. The summed E-state index contributed by atoms with van der Waals surface area (Å²) >= 11 is 6.49. The summed E-state index contributed by atoms with van der Waals surface area (Å²) in [6.07, 6.45) is 0. The molecule has 5 aromatic rings. The smallest absolute Gasteiger partial charge is 0.337 e. The summed E-state index contributed by atoms with van der Waals surface area (Å²) in [6.45, 7) is 0. The largest absolute Gasteiger partial charge is 0.465 e. The van der Waals surface area contributed by atoms with Crippen molar-refractivity contribution in [2.75, 3.05) is 7.11 Å². The molecule has 4 nitrogen and oxygen atoms in total. The SMILES string of the molecule is COC(=O)c1ccc(-c2cccc(-c3[nH]c4ccc(F)cc4c3-c3c(F)cccc3C#N)c2)c(Cl)c1. The molecular formula is C29H17ClF2N2O2. The van der Waals surface area contributed by atoms with Gasteiger partial charge in [0.05, 0.1) is 30.0 Å². The summed E-state index contributed by atoms with van der Waals surface area (Å²) in [5.41, 5.74) is 4.18. The van der Waals surface area contributed by atoms with E-state index < -0.39 is 17.6 Å². The molecule has 5 rings (SSSR count).